The SMILES string of the molecule is CC(OC(=O)Nc1ccc(C(N)=NC=Nc2ccc(OC(F)(F)F)cc2)cc1)c1ccc2ccccc2n1. The second-order valence-corrected chi connectivity index (χ2v) is 7.98. The smallest absolute Gasteiger partial charge is 0.440 e. The average molecular weight is 521 g/mol. The highest BCUT2D eigenvalue weighted by Crippen LogP contribution is 2.25. The molecule has 11 heteroatoms. The lowest BCUT2D eigenvalue weighted by Crippen LogP contribution is -2.17. The van der Waals surface area contributed by atoms with Crippen molar-refractivity contribution in [2.45, 2.75) is 19.4 Å². The third-order valence-corrected chi connectivity index (χ3v) is 5.22. The number of benzene rings is 3. The largest absolute Gasteiger partial charge is 0.573 e. The molecule has 0 radical (unpaired) electrons. The zero-order chi connectivity index (χ0) is 27.1. The Bertz CT molecular complexity index is 1470. The molecule has 4 aromatic rings. The number of hydrogen-bond donors (Lipinski definition) is 2. The number of carbonyl (C=O) groups is 1. The second kappa shape index (κ2) is 11.4. The highest BCUT2D eigenvalue weighted by molar-refractivity contribution is 6.01. The van der Waals surface area contributed by atoms with E-state index in [0.717, 1.165) is 23.0 Å². The normalized spacial score (nSPS) is 12.9. The zero-order valence-electron chi connectivity index (χ0n) is 20.0. The van der Waals surface area contributed by atoms with Crippen molar-refractivity contribution in [3.63, 3.8) is 0 Å². The van der Waals surface area contributed by atoms with Crippen molar-refractivity contribution in [3.8, 4) is 5.75 Å². The lowest BCUT2D eigenvalue weighted by atomic mass is 10.1. The fourth-order valence-electron chi connectivity index (χ4n) is 3.37. The van der Waals surface area contributed by atoms with Crippen molar-refractivity contribution in [2.24, 2.45) is 15.7 Å². The highest BCUT2D eigenvalue weighted by atomic mass is 19.4. The van der Waals surface area contributed by atoms with Crippen LogP contribution in [-0.2, 0) is 4.74 Å². The quantitative estimate of drug-likeness (QED) is 0.213. The molecular formula is C27H22F3N5O3. The molecule has 1 amide bonds. The van der Waals surface area contributed by atoms with Gasteiger partial charge in [0, 0.05) is 16.6 Å². The Morgan fingerprint density at radius 1 is 1.00 bits per heavy atom. The van der Waals surface area contributed by atoms with Crippen LogP contribution in [0.1, 0.15) is 24.3 Å². The molecule has 1 heterocycles. The van der Waals surface area contributed by atoms with E-state index in [2.05, 4.69) is 25.0 Å². The number of pyridine rings is 1. The van der Waals surface area contributed by atoms with Crippen LogP contribution in [0.5, 0.6) is 5.75 Å². The first-order valence-electron chi connectivity index (χ1n) is 11.3. The summed E-state index contributed by atoms with van der Waals surface area (Å²) < 4.78 is 45.9. The molecule has 3 N–H and O–H groups in total. The van der Waals surface area contributed by atoms with Gasteiger partial charge in [-0.1, -0.05) is 24.3 Å². The van der Waals surface area contributed by atoms with Gasteiger partial charge < -0.3 is 15.2 Å². The number of rotatable bonds is 7. The Hall–Kier alpha value is -4.93. The van der Waals surface area contributed by atoms with Gasteiger partial charge in [-0.25, -0.2) is 19.8 Å². The molecular weight excluding hydrogens is 499 g/mol. The monoisotopic (exact) mass is 521 g/mol. The van der Waals surface area contributed by atoms with E-state index in [9.17, 15) is 18.0 Å². The topological polar surface area (TPSA) is 111 Å². The van der Waals surface area contributed by atoms with Crippen molar-refractivity contribution in [3.05, 3.63) is 96.2 Å². The van der Waals surface area contributed by atoms with E-state index in [1.54, 1.807) is 31.2 Å². The summed E-state index contributed by atoms with van der Waals surface area (Å²) in [4.78, 5) is 24.9. The van der Waals surface area contributed by atoms with Crippen LogP contribution in [0.15, 0.2) is 94.9 Å². The summed E-state index contributed by atoms with van der Waals surface area (Å²) in [6, 6.07) is 23.0. The first-order valence-corrected chi connectivity index (χ1v) is 11.3. The molecule has 0 bridgehead atoms. The number of amides is 1. The molecule has 3 aromatic carbocycles. The molecule has 1 atom stereocenters. The van der Waals surface area contributed by atoms with Crippen LogP contribution in [0.3, 0.4) is 0 Å². The highest BCUT2D eigenvalue weighted by Gasteiger charge is 2.30. The van der Waals surface area contributed by atoms with E-state index < -0.39 is 18.6 Å². The molecule has 38 heavy (non-hydrogen) atoms. The number of carbonyl (C=O) groups excluding carboxylic acids is 1. The third-order valence-electron chi connectivity index (χ3n) is 5.22. The van der Waals surface area contributed by atoms with Crippen LogP contribution in [0.2, 0.25) is 0 Å². The average Bonchev–Trinajstić information content (AvgIpc) is 2.89. The first kappa shape index (κ1) is 26.1. The first-order chi connectivity index (χ1) is 18.2. The number of ether oxygens (including phenoxy) is 2. The van der Waals surface area contributed by atoms with Gasteiger partial charge in [-0.05, 0) is 67.6 Å². The molecule has 8 nitrogen and oxygen atoms in total. The summed E-state index contributed by atoms with van der Waals surface area (Å²) in [5, 5.41) is 3.65. The summed E-state index contributed by atoms with van der Waals surface area (Å²) in [5.74, 6) is -0.201. The van der Waals surface area contributed by atoms with E-state index >= 15 is 0 Å². The maximum Gasteiger partial charge on any atom is 0.573 e. The number of nitrogens with zero attached hydrogens (tertiary/aromatic N) is 3. The molecule has 1 aromatic heterocycles. The lowest BCUT2D eigenvalue weighted by Gasteiger charge is -2.14. The van der Waals surface area contributed by atoms with Crippen LogP contribution in [0.4, 0.5) is 29.3 Å². The molecule has 194 valence electrons. The van der Waals surface area contributed by atoms with Gasteiger partial charge in [-0.2, -0.15) is 0 Å². The van der Waals surface area contributed by atoms with E-state index in [1.165, 1.54) is 18.5 Å². The number of hydrogen-bond acceptors (Lipinski definition) is 5. The predicted octanol–water partition coefficient (Wildman–Crippen LogP) is 6.51. The molecule has 0 aliphatic rings. The number of para-hydroxylation sites is 1. The molecule has 0 aliphatic carbocycles. The van der Waals surface area contributed by atoms with E-state index in [1.807, 2.05) is 36.4 Å². The minimum atomic E-state index is -4.76. The van der Waals surface area contributed by atoms with Crippen molar-refractivity contribution < 1.29 is 27.4 Å². The van der Waals surface area contributed by atoms with Gasteiger partial charge in [0.25, 0.3) is 0 Å². The molecule has 0 spiro atoms. The number of alkyl halides is 3. The van der Waals surface area contributed by atoms with Gasteiger partial charge >= 0.3 is 12.5 Å². The number of anilines is 1. The van der Waals surface area contributed by atoms with Crippen molar-refractivity contribution in [2.75, 3.05) is 5.32 Å². The van der Waals surface area contributed by atoms with Crippen molar-refractivity contribution >= 4 is 40.5 Å². The van der Waals surface area contributed by atoms with Gasteiger partial charge in [0.2, 0.25) is 0 Å². The molecule has 0 aliphatic heterocycles. The standard InChI is InChI=1S/C27H22F3N5O3/c1-17(23-15-8-18-4-2-3-5-24(18)35-23)37-26(36)34-21-9-6-19(7-10-21)25(31)33-16-32-20-11-13-22(14-12-20)38-27(28,29)30/h2-17H,1H3,(H,34,36)(H2,31,32,33). The Balaban J connectivity index is 1.31. The maximum atomic E-state index is 12.4. The zero-order valence-corrected chi connectivity index (χ0v) is 20.0. The molecule has 0 saturated heterocycles. The fourth-order valence-corrected chi connectivity index (χ4v) is 3.37. The van der Waals surface area contributed by atoms with Crippen LogP contribution in [0, 0.1) is 0 Å². The molecule has 0 fully saturated rings. The van der Waals surface area contributed by atoms with E-state index in [4.69, 9.17) is 10.5 Å². The Labute approximate surface area is 215 Å². The fraction of sp³-hybridized carbons (Fsp3) is 0.111. The van der Waals surface area contributed by atoms with Gasteiger partial charge in [-0.15, -0.1) is 13.2 Å². The van der Waals surface area contributed by atoms with Gasteiger partial charge in [0.05, 0.1) is 16.9 Å². The van der Waals surface area contributed by atoms with Crippen molar-refractivity contribution in [1.82, 2.24) is 4.98 Å². The van der Waals surface area contributed by atoms with Gasteiger partial charge in [0.15, 0.2) is 0 Å². The van der Waals surface area contributed by atoms with E-state index in [-0.39, 0.29) is 11.6 Å². The number of aliphatic imine (C=N–C) groups is 2. The second-order valence-electron chi connectivity index (χ2n) is 7.98. The lowest BCUT2D eigenvalue weighted by molar-refractivity contribution is -0.274. The number of fused-ring (bicyclic) bond motifs is 1. The Morgan fingerprint density at radius 3 is 2.42 bits per heavy atom. The number of aromatic nitrogens is 1. The third kappa shape index (κ3) is 7.29. The van der Waals surface area contributed by atoms with Crippen molar-refractivity contribution in [1.29, 1.82) is 0 Å². The number of amidine groups is 1. The predicted molar refractivity (Wildman–Crippen MR) is 139 cm³/mol. The minimum Gasteiger partial charge on any atom is -0.440 e. The maximum absolute atomic E-state index is 12.4. The molecule has 1 unspecified atom stereocenters. The number of nitrogens with one attached hydrogen (secondary N) is 1. The summed E-state index contributed by atoms with van der Waals surface area (Å²) in [7, 11) is 0. The summed E-state index contributed by atoms with van der Waals surface area (Å²) in [5.41, 5.74) is 8.83. The van der Waals surface area contributed by atoms with Crippen LogP contribution >= 0.6 is 0 Å². The molecule has 0 saturated carbocycles. The number of halogens is 3. The summed E-state index contributed by atoms with van der Waals surface area (Å²) >= 11 is 0. The van der Waals surface area contributed by atoms with E-state index in [0.29, 0.717) is 22.6 Å². The minimum absolute atomic E-state index is 0.149. The van der Waals surface area contributed by atoms with Gasteiger partial charge in [-0.3, -0.25) is 5.32 Å². The molecule has 4 rings (SSSR count). The Kier molecular flexibility index (Phi) is 7.86. The summed E-state index contributed by atoms with van der Waals surface area (Å²) in [6.45, 7) is 1.74. The number of nitrogens with two attached hydrogens (primary N) is 1. The van der Waals surface area contributed by atoms with Gasteiger partial charge in [0.1, 0.15) is 24.0 Å². The van der Waals surface area contributed by atoms with Crippen LogP contribution < -0.4 is 15.8 Å². The van der Waals surface area contributed by atoms with Crippen LogP contribution in [0.25, 0.3) is 10.9 Å². The van der Waals surface area contributed by atoms with Crippen LogP contribution in [-0.4, -0.2) is 29.6 Å². The Morgan fingerprint density at radius 2 is 1.71 bits per heavy atom. The summed E-state index contributed by atoms with van der Waals surface area (Å²) in [6.07, 6.45) is -4.78.